The Morgan fingerprint density at radius 3 is 3.08 bits per heavy atom. The zero-order chi connectivity index (χ0) is 9.52. The first-order valence-electron chi connectivity index (χ1n) is 4.43. The van der Waals surface area contributed by atoms with Crippen molar-refractivity contribution in [2.24, 2.45) is 5.73 Å². The summed E-state index contributed by atoms with van der Waals surface area (Å²) in [6.45, 7) is 0. The fourth-order valence-electron chi connectivity index (χ4n) is 1.19. The van der Waals surface area contributed by atoms with Gasteiger partial charge in [-0.15, -0.1) is 12.3 Å². The highest BCUT2D eigenvalue weighted by molar-refractivity contribution is 5.12. The van der Waals surface area contributed by atoms with Gasteiger partial charge in [0.2, 0.25) is 0 Å². The first kappa shape index (κ1) is 9.76. The van der Waals surface area contributed by atoms with Crippen LogP contribution in [0.2, 0.25) is 0 Å². The molecule has 1 aromatic heterocycles. The number of aromatic nitrogens is 1. The first-order valence-corrected chi connectivity index (χ1v) is 4.43. The molecule has 0 aliphatic heterocycles. The van der Waals surface area contributed by atoms with Crippen LogP contribution >= 0.6 is 0 Å². The summed E-state index contributed by atoms with van der Waals surface area (Å²) >= 11 is 0. The molecule has 1 unspecified atom stereocenters. The van der Waals surface area contributed by atoms with E-state index in [4.69, 9.17) is 12.2 Å². The zero-order valence-corrected chi connectivity index (χ0v) is 7.61. The summed E-state index contributed by atoms with van der Waals surface area (Å²) in [6.07, 6.45) is 11.4. The van der Waals surface area contributed by atoms with E-state index in [2.05, 4.69) is 10.9 Å². The van der Waals surface area contributed by atoms with Gasteiger partial charge < -0.3 is 5.73 Å². The second kappa shape index (κ2) is 5.34. The summed E-state index contributed by atoms with van der Waals surface area (Å²) in [6, 6.07) is 3.96. The van der Waals surface area contributed by atoms with Crippen LogP contribution in [0.5, 0.6) is 0 Å². The molecule has 0 spiro atoms. The summed E-state index contributed by atoms with van der Waals surface area (Å²) in [4.78, 5) is 4.01. The van der Waals surface area contributed by atoms with E-state index in [9.17, 15) is 0 Å². The average molecular weight is 174 g/mol. The van der Waals surface area contributed by atoms with Gasteiger partial charge in [-0.3, -0.25) is 4.98 Å². The van der Waals surface area contributed by atoms with Crippen molar-refractivity contribution in [3.8, 4) is 12.3 Å². The topological polar surface area (TPSA) is 38.9 Å². The third kappa shape index (κ3) is 3.27. The molecule has 0 aliphatic rings. The molecule has 0 radical (unpaired) electrons. The van der Waals surface area contributed by atoms with Gasteiger partial charge in [-0.2, -0.15) is 0 Å². The van der Waals surface area contributed by atoms with E-state index in [0.29, 0.717) is 0 Å². The molecule has 2 heteroatoms. The third-order valence-electron chi connectivity index (χ3n) is 1.95. The Morgan fingerprint density at radius 1 is 1.62 bits per heavy atom. The van der Waals surface area contributed by atoms with Gasteiger partial charge >= 0.3 is 0 Å². The van der Waals surface area contributed by atoms with Crippen LogP contribution in [0.1, 0.15) is 30.9 Å². The number of hydrogen-bond donors (Lipinski definition) is 1. The molecule has 1 heterocycles. The number of pyridine rings is 1. The van der Waals surface area contributed by atoms with Crippen molar-refractivity contribution in [3.05, 3.63) is 30.1 Å². The minimum absolute atomic E-state index is 0.0713. The molecule has 2 nitrogen and oxygen atoms in total. The maximum absolute atomic E-state index is 5.93. The van der Waals surface area contributed by atoms with E-state index in [1.807, 2.05) is 12.1 Å². The number of unbranched alkanes of at least 4 members (excludes halogenated alkanes) is 1. The molecule has 1 atom stereocenters. The van der Waals surface area contributed by atoms with Gasteiger partial charge in [-0.05, 0) is 24.5 Å². The fraction of sp³-hybridized carbons (Fsp3) is 0.364. The van der Waals surface area contributed by atoms with Crippen molar-refractivity contribution in [2.75, 3.05) is 0 Å². The Balaban J connectivity index is 2.41. The first-order chi connectivity index (χ1) is 6.34. The Morgan fingerprint density at radius 2 is 2.46 bits per heavy atom. The molecule has 0 saturated heterocycles. The highest BCUT2D eigenvalue weighted by Crippen LogP contribution is 2.14. The van der Waals surface area contributed by atoms with Gasteiger partial charge in [-0.25, -0.2) is 0 Å². The van der Waals surface area contributed by atoms with Gasteiger partial charge in [0.25, 0.3) is 0 Å². The number of terminal acetylenes is 1. The normalized spacial score (nSPS) is 12.0. The standard InChI is InChI=1S/C11H14N2/c1-2-3-4-7-11(12)10-6-5-8-13-9-10/h1,5-6,8-9,11H,3-4,7,12H2. The van der Waals surface area contributed by atoms with Crippen molar-refractivity contribution in [2.45, 2.75) is 25.3 Å². The lowest BCUT2D eigenvalue weighted by molar-refractivity contribution is 0.619. The van der Waals surface area contributed by atoms with E-state index in [1.165, 1.54) is 0 Å². The maximum Gasteiger partial charge on any atom is 0.0315 e. The van der Waals surface area contributed by atoms with E-state index >= 15 is 0 Å². The largest absolute Gasteiger partial charge is 0.324 e. The van der Waals surface area contributed by atoms with Crippen LogP contribution in [-0.4, -0.2) is 4.98 Å². The van der Waals surface area contributed by atoms with Crippen LogP contribution in [-0.2, 0) is 0 Å². The molecule has 0 fully saturated rings. The Kier molecular flexibility index (Phi) is 4.01. The van der Waals surface area contributed by atoms with Crippen molar-refractivity contribution in [1.82, 2.24) is 4.98 Å². The van der Waals surface area contributed by atoms with Gasteiger partial charge in [0.1, 0.15) is 0 Å². The smallest absolute Gasteiger partial charge is 0.0315 e. The SMILES string of the molecule is C#CCCCC(N)c1cccnc1. The average Bonchev–Trinajstić information content (AvgIpc) is 2.19. The summed E-state index contributed by atoms with van der Waals surface area (Å²) in [5, 5.41) is 0. The number of hydrogen-bond acceptors (Lipinski definition) is 2. The molecule has 68 valence electrons. The van der Waals surface area contributed by atoms with Crippen molar-refractivity contribution < 1.29 is 0 Å². The molecule has 0 amide bonds. The fourth-order valence-corrected chi connectivity index (χ4v) is 1.19. The second-order valence-corrected chi connectivity index (χ2v) is 2.99. The van der Waals surface area contributed by atoms with Crippen LogP contribution in [0, 0.1) is 12.3 Å². The van der Waals surface area contributed by atoms with Gasteiger partial charge in [0, 0.05) is 24.9 Å². The van der Waals surface area contributed by atoms with Crippen LogP contribution in [0.25, 0.3) is 0 Å². The van der Waals surface area contributed by atoms with Crippen LogP contribution < -0.4 is 5.73 Å². The summed E-state index contributed by atoms with van der Waals surface area (Å²) in [5.41, 5.74) is 7.01. The van der Waals surface area contributed by atoms with Crippen molar-refractivity contribution in [3.63, 3.8) is 0 Å². The Bertz CT molecular complexity index is 274. The van der Waals surface area contributed by atoms with E-state index in [1.54, 1.807) is 12.4 Å². The summed E-state index contributed by atoms with van der Waals surface area (Å²) in [5.74, 6) is 2.60. The quantitative estimate of drug-likeness (QED) is 0.559. The summed E-state index contributed by atoms with van der Waals surface area (Å²) in [7, 11) is 0. The molecule has 13 heavy (non-hydrogen) atoms. The molecular formula is C11H14N2. The third-order valence-corrected chi connectivity index (χ3v) is 1.95. The molecule has 0 saturated carbocycles. The second-order valence-electron chi connectivity index (χ2n) is 2.99. The van der Waals surface area contributed by atoms with E-state index < -0.39 is 0 Å². The Hall–Kier alpha value is -1.33. The highest BCUT2D eigenvalue weighted by atomic mass is 14.7. The minimum atomic E-state index is 0.0713. The summed E-state index contributed by atoms with van der Waals surface area (Å²) < 4.78 is 0. The minimum Gasteiger partial charge on any atom is -0.324 e. The lowest BCUT2D eigenvalue weighted by atomic mass is 10.0. The van der Waals surface area contributed by atoms with Crippen molar-refractivity contribution >= 4 is 0 Å². The molecule has 1 rings (SSSR count). The van der Waals surface area contributed by atoms with E-state index in [-0.39, 0.29) is 6.04 Å². The number of nitrogens with two attached hydrogens (primary N) is 1. The predicted molar refractivity (Wildman–Crippen MR) is 53.8 cm³/mol. The van der Waals surface area contributed by atoms with Crippen LogP contribution in [0.15, 0.2) is 24.5 Å². The Labute approximate surface area is 79.2 Å². The predicted octanol–water partition coefficient (Wildman–Crippen LogP) is 1.88. The number of nitrogens with zero attached hydrogens (tertiary/aromatic N) is 1. The van der Waals surface area contributed by atoms with Crippen molar-refractivity contribution in [1.29, 1.82) is 0 Å². The molecular weight excluding hydrogens is 160 g/mol. The monoisotopic (exact) mass is 174 g/mol. The van der Waals surface area contributed by atoms with Crippen LogP contribution in [0.3, 0.4) is 0 Å². The van der Waals surface area contributed by atoms with Gasteiger partial charge in [0.05, 0.1) is 0 Å². The van der Waals surface area contributed by atoms with Crippen LogP contribution in [0.4, 0.5) is 0 Å². The molecule has 0 bridgehead atoms. The lowest BCUT2D eigenvalue weighted by Gasteiger charge is -2.09. The molecule has 0 aromatic carbocycles. The number of rotatable bonds is 4. The molecule has 2 N–H and O–H groups in total. The highest BCUT2D eigenvalue weighted by Gasteiger charge is 2.03. The molecule has 1 aromatic rings. The zero-order valence-electron chi connectivity index (χ0n) is 7.61. The lowest BCUT2D eigenvalue weighted by Crippen LogP contribution is -2.09. The maximum atomic E-state index is 5.93. The molecule has 0 aliphatic carbocycles. The van der Waals surface area contributed by atoms with Gasteiger partial charge in [0.15, 0.2) is 0 Å². The van der Waals surface area contributed by atoms with E-state index in [0.717, 1.165) is 24.8 Å². The van der Waals surface area contributed by atoms with Gasteiger partial charge in [-0.1, -0.05) is 6.07 Å².